The van der Waals surface area contributed by atoms with E-state index in [0.29, 0.717) is 15.8 Å². The number of hydrogen-bond acceptors (Lipinski definition) is 6. The summed E-state index contributed by atoms with van der Waals surface area (Å²) in [7, 11) is 1.52. The standard InChI is InChI=1S/C19H18F3N5OS2/c1-12-6-4-9-16(27-18(28)26(2)24-25-27)15(12)11-30-17(29-3)23-14-8-5-7-13(10-14)19(20,21)22/h4-10H,11H2,1-3H3. The van der Waals surface area contributed by atoms with Crippen molar-refractivity contribution in [2.45, 2.75) is 18.9 Å². The third-order valence-corrected chi connectivity index (χ3v) is 6.31. The van der Waals surface area contributed by atoms with Crippen molar-refractivity contribution in [2.24, 2.45) is 12.0 Å². The van der Waals surface area contributed by atoms with Crippen LogP contribution in [0.4, 0.5) is 18.9 Å². The molecule has 0 saturated carbocycles. The highest BCUT2D eigenvalue weighted by molar-refractivity contribution is 8.38. The Bertz CT molecular complexity index is 1140. The van der Waals surface area contributed by atoms with Gasteiger partial charge in [0.1, 0.15) is 4.38 Å². The summed E-state index contributed by atoms with van der Waals surface area (Å²) in [5.74, 6) is 0.462. The maximum Gasteiger partial charge on any atom is 0.416 e. The van der Waals surface area contributed by atoms with Gasteiger partial charge in [0.05, 0.1) is 16.9 Å². The molecule has 0 saturated heterocycles. The number of aliphatic imine (C=N–C) groups is 1. The summed E-state index contributed by atoms with van der Waals surface area (Å²) in [6.45, 7) is 1.92. The number of hydrogen-bond donors (Lipinski definition) is 0. The number of thioether (sulfide) groups is 2. The van der Waals surface area contributed by atoms with Crippen LogP contribution >= 0.6 is 23.5 Å². The lowest BCUT2D eigenvalue weighted by molar-refractivity contribution is -0.137. The monoisotopic (exact) mass is 453 g/mol. The van der Waals surface area contributed by atoms with Gasteiger partial charge in [-0.1, -0.05) is 30.0 Å². The lowest BCUT2D eigenvalue weighted by atomic mass is 10.1. The Labute approximate surface area is 179 Å². The van der Waals surface area contributed by atoms with Crippen molar-refractivity contribution in [3.63, 3.8) is 0 Å². The fourth-order valence-electron chi connectivity index (χ4n) is 2.67. The molecule has 0 aliphatic carbocycles. The largest absolute Gasteiger partial charge is 0.416 e. The molecule has 0 amide bonds. The molecule has 0 unspecified atom stereocenters. The van der Waals surface area contributed by atoms with E-state index in [0.717, 1.165) is 27.9 Å². The van der Waals surface area contributed by atoms with E-state index in [1.165, 1.54) is 47.4 Å². The second kappa shape index (κ2) is 9.09. The summed E-state index contributed by atoms with van der Waals surface area (Å²) in [6, 6.07) is 10.4. The number of halogens is 3. The predicted molar refractivity (Wildman–Crippen MR) is 115 cm³/mol. The predicted octanol–water partition coefficient (Wildman–Crippen LogP) is 4.58. The zero-order chi connectivity index (χ0) is 21.9. The van der Waals surface area contributed by atoms with Gasteiger partial charge >= 0.3 is 11.9 Å². The van der Waals surface area contributed by atoms with Crippen LogP contribution in [0.3, 0.4) is 0 Å². The molecule has 0 N–H and O–H groups in total. The second-order valence-electron chi connectivity index (χ2n) is 6.29. The molecule has 1 heterocycles. The van der Waals surface area contributed by atoms with Crippen molar-refractivity contribution in [2.75, 3.05) is 6.26 Å². The van der Waals surface area contributed by atoms with Crippen LogP contribution in [0.25, 0.3) is 5.69 Å². The first-order chi connectivity index (χ1) is 14.2. The number of nitrogens with zero attached hydrogens (tertiary/aromatic N) is 5. The first-order valence-corrected chi connectivity index (χ1v) is 10.9. The van der Waals surface area contributed by atoms with E-state index in [9.17, 15) is 18.0 Å². The van der Waals surface area contributed by atoms with Crippen molar-refractivity contribution >= 4 is 33.6 Å². The molecule has 0 fully saturated rings. The van der Waals surface area contributed by atoms with Crippen LogP contribution in [0.5, 0.6) is 0 Å². The number of aromatic nitrogens is 4. The normalized spacial score (nSPS) is 12.4. The molecule has 2 aromatic carbocycles. The minimum absolute atomic E-state index is 0.233. The van der Waals surface area contributed by atoms with Crippen LogP contribution < -0.4 is 5.69 Å². The van der Waals surface area contributed by atoms with E-state index >= 15 is 0 Å². The maximum atomic E-state index is 12.9. The Kier molecular flexibility index (Phi) is 6.71. The Hall–Kier alpha value is -2.53. The van der Waals surface area contributed by atoms with Gasteiger partial charge in [0, 0.05) is 12.8 Å². The Morgan fingerprint density at radius 1 is 1.17 bits per heavy atom. The topological polar surface area (TPSA) is 65.1 Å². The van der Waals surface area contributed by atoms with E-state index < -0.39 is 11.7 Å². The number of tetrazole rings is 1. The summed E-state index contributed by atoms with van der Waals surface area (Å²) in [6.07, 6.45) is -2.61. The minimum atomic E-state index is -4.42. The van der Waals surface area contributed by atoms with Gasteiger partial charge in [-0.15, -0.1) is 11.8 Å². The van der Waals surface area contributed by atoms with E-state index in [1.54, 1.807) is 6.07 Å². The molecule has 0 bridgehead atoms. The fraction of sp³-hybridized carbons (Fsp3) is 0.263. The van der Waals surface area contributed by atoms with Crippen molar-refractivity contribution in [1.29, 1.82) is 0 Å². The molecule has 6 nitrogen and oxygen atoms in total. The van der Waals surface area contributed by atoms with Crippen LogP contribution in [0, 0.1) is 6.92 Å². The summed E-state index contributed by atoms with van der Waals surface area (Å²) in [5.41, 5.74) is 1.57. The molecule has 1 aromatic heterocycles. The SMILES string of the molecule is CSC(=Nc1cccc(C(F)(F)F)c1)SCc1c(C)cccc1-n1nnn(C)c1=O. The van der Waals surface area contributed by atoms with Gasteiger partial charge in [-0.25, -0.2) is 9.79 Å². The lowest BCUT2D eigenvalue weighted by Crippen LogP contribution is -2.23. The van der Waals surface area contributed by atoms with Crippen LogP contribution in [0.15, 0.2) is 52.3 Å². The summed E-state index contributed by atoms with van der Waals surface area (Å²) in [5, 5.41) is 7.65. The second-order valence-corrected chi connectivity index (χ2v) is 8.31. The molecule has 11 heteroatoms. The van der Waals surface area contributed by atoms with Gasteiger partial charge in [0.25, 0.3) is 0 Å². The van der Waals surface area contributed by atoms with Gasteiger partial charge in [-0.05, 0) is 59.0 Å². The van der Waals surface area contributed by atoms with Crippen molar-refractivity contribution in [3.8, 4) is 5.69 Å². The Morgan fingerprint density at radius 3 is 2.53 bits per heavy atom. The molecule has 3 rings (SSSR count). The molecule has 30 heavy (non-hydrogen) atoms. The Balaban J connectivity index is 1.88. The summed E-state index contributed by atoms with van der Waals surface area (Å²) in [4.78, 5) is 16.6. The van der Waals surface area contributed by atoms with Gasteiger partial charge in [0.15, 0.2) is 0 Å². The molecule has 0 aliphatic heterocycles. The van der Waals surface area contributed by atoms with E-state index in [2.05, 4.69) is 15.4 Å². The number of alkyl halides is 3. The highest BCUT2D eigenvalue weighted by Crippen LogP contribution is 2.33. The van der Waals surface area contributed by atoms with Crippen LogP contribution in [0.2, 0.25) is 0 Å². The lowest BCUT2D eigenvalue weighted by Gasteiger charge is -2.12. The van der Waals surface area contributed by atoms with Gasteiger partial charge in [0.2, 0.25) is 0 Å². The van der Waals surface area contributed by atoms with Crippen LogP contribution in [0.1, 0.15) is 16.7 Å². The van der Waals surface area contributed by atoms with E-state index in [1.807, 2.05) is 25.3 Å². The number of aryl methyl sites for hydroxylation is 2. The summed E-state index contributed by atoms with van der Waals surface area (Å²) < 4.78 is 41.8. The van der Waals surface area contributed by atoms with Gasteiger partial charge in [-0.2, -0.15) is 22.5 Å². The zero-order valence-electron chi connectivity index (χ0n) is 16.3. The smallest absolute Gasteiger partial charge is 0.244 e. The average Bonchev–Trinajstić information content (AvgIpc) is 3.04. The third-order valence-electron chi connectivity index (χ3n) is 4.24. The Morgan fingerprint density at radius 2 is 1.90 bits per heavy atom. The zero-order valence-corrected chi connectivity index (χ0v) is 18.0. The molecule has 0 spiro atoms. The minimum Gasteiger partial charge on any atom is -0.244 e. The van der Waals surface area contributed by atoms with Gasteiger partial charge in [-0.3, -0.25) is 0 Å². The fourth-order valence-corrected chi connectivity index (χ4v) is 4.32. The first kappa shape index (κ1) is 22.2. The molecule has 0 aliphatic rings. The summed E-state index contributed by atoms with van der Waals surface area (Å²) >= 11 is 2.72. The molecular weight excluding hydrogens is 435 g/mol. The van der Waals surface area contributed by atoms with Crippen LogP contribution in [-0.4, -0.2) is 30.4 Å². The highest BCUT2D eigenvalue weighted by Gasteiger charge is 2.30. The first-order valence-electron chi connectivity index (χ1n) is 8.71. The van der Waals surface area contributed by atoms with Crippen LogP contribution in [-0.2, 0) is 19.0 Å². The number of benzene rings is 2. The molecular formula is C19H18F3N5OS2. The van der Waals surface area contributed by atoms with Crippen molar-refractivity contribution < 1.29 is 13.2 Å². The van der Waals surface area contributed by atoms with E-state index in [-0.39, 0.29) is 11.4 Å². The number of rotatable bonds is 4. The molecule has 0 atom stereocenters. The molecule has 158 valence electrons. The van der Waals surface area contributed by atoms with Crippen molar-refractivity contribution in [3.05, 3.63) is 69.6 Å². The molecule has 0 radical (unpaired) electrons. The maximum absolute atomic E-state index is 12.9. The average molecular weight is 454 g/mol. The van der Waals surface area contributed by atoms with E-state index in [4.69, 9.17) is 0 Å². The quantitative estimate of drug-likeness (QED) is 0.428. The van der Waals surface area contributed by atoms with Crippen molar-refractivity contribution in [1.82, 2.24) is 19.8 Å². The highest BCUT2D eigenvalue weighted by atomic mass is 32.2. The van der Waals surface area contributed by atoms with Gasteiger partial charge < -0.3 is 0 Å². The third kappa shape index (κ3) is 4.96. The molecule has 3 aromatic rings.